The van der Waals surface area contributed by atoms with Gasteiger partial charge < -0.3 is 0 Å². The predicted octanol–water partition coefficient (Wildman–Crippen LogP) is 1.58. The van der Waals surface area contributed by atoms with Gasteiger partial charge in [0.25, 0.3) is 0 Å². The maximum Gasteiger partial charge on any atom is 0.148 e. The Bertz CT molecular complexity index is 329. The number of hydrogen-bond acceptors (Lipinski definition) is 2. The number of nitrogens with one attached hydrogen (secondary N) is 1. The maximum absolute atomic E-state index is 4.06. The van der Waals surface area contributed by atoms with Crippen LogP contribution in [0, 0.1) is 6.92 Å². The molecule has 0 aliphatic carbocycles. The lowest BCUT2D eigenvalue weighted by atomic mass is 10.1. The third-order valence-corrected chi connectivity index (χ3v) is 1.70. The van der Waals surface area contributed by atoms with Crippen LogP contribution in [-0.4, -0.2) is 19.6 Å². The molecule has 0 aromatic heterocycles. The van der Waals surface area contributed by atoms with Gasteiger partial charge in [-0.3, -0.25) is 10.4 Å². The Morgan fingerprint density at radius 1 is 1.46 bits per heavy atom. The molecule has 0 fully saturated rings. The van der Waals surface area contributed by atoms with Crippen LogP contribution in [0.5, 0.6) is 0 Å². The van der Waals surface area contributed by atoms with Gasteiger partial charge in [0.15, 0.2) is 0 Å². The second-order valence-electron chi connectivity index (χ2n) is 2.71. The third kappa shape index (κ3) is 2.40. The topological polar surface area (TPSA) is 36.8 Å². The normalized spacial score (nSPS) is 11.1. The van der Waals surface area contributed by atoms with Gasteiger partial charge in [-0.2, -0.15) is 5.10 Å². The van der Waals surface area contributed by atoms with E-state index in [0.29, 0.717) is 0 Å². The van der Waals surface area contributed by atoms with Crippen molar-refractivity contribution in [3.05, 3.63) is 35.4 Å². The van der Waals surface area contributed by atoms with Crippen LogP contribution in [0.2, 0.25) is 0 Å². The Hall–Kier alpha value is -1.64. The van der Waals surface area contributed by atoms with Crippen LogP contribution in [0.15, 0.2) is 34.4 Å². The average Bonchev–Trinajstić information content (AvgIpc) is 2.14. The molecule has 1 rings (SSSR count). The molecule has 13 heavy (non-hydrogen) atoms. The van der Waals surface area contributed by atoms with Gasteiger partial charge in [-0.1, -0.05) is 23.8 Å². The summed E-state index contributed by atoms with van der Waals surface area (Å²) in [6.07, 6.45) is 0. The summed E-state index contributed by atoms with van der Waals surface area (Å²) in [5.41, 5.74) is 4.96. The van der Waals surface area contributed by atoms with Gasteiger partial charge in [0, 0.05) is 19.3 Å². The van der Waals surface area contributed by atoms with E-state index in [9.17, 15) is 0 Å². The third-order valence-electron chi connectivity index (χ3n) is 1.70. The first kappa shape index (κ1) is 9.45. The number of hydrazone groups is 1. The molecule has 1 aromatic carbocycles. The molecule has 0 spiro atoms. The monoisotopic (exact) mass is 175 g/mol. The fourth-order valence-electron chi connectivity index (χ4n) is 1.11. The van der Waals surface area contributed by atoms with Gasteiger partial charge in [-0.05, 0) is 13.0 Å². The van der Waals surface area contributed by atoms with E-state index in [1.165, 1.54) is 5.56 Å². The molecule has 0 bridgehead atoms. The zero-order valence-electron chi connectivity index (χ0n) is 7.91. The summed E-state index contributed by atoms with van der Waals surface area (Å²) in [4.78, 5) is 4.06. The first-order valence-corrected chi connectivity index (χ1v) is 4.03. The molecule has 3 heteroatoms. The molecule has 0 unspecified atom stereocenters. The van der Waals surface area contributed by atoms with Gasteiger partial charge in [0.2, 0.25) is 0 Å². The summed E-state index contributed by atoms with van der Waals surface area (Å²) in [7, 11) is 1.72. The van der Waals surface area contributed by atoms with Crippen molar-refractivity contribution in [3.63, 3.8) is 0 Å². The van der Waals surface area contributed by atoms with Crippen LogP contribution in [0.3, 0.4) is 0 Å². The highest BCUT2D eigenvalue weighted by Gasteiger charge is 1.99. The molecular weight excluding hydrogens is 162 g/mol. The highest BCUT2D eigenvalue weighted by Crippen LogP contribution is 2.03. The predicted molar refractivity (Wildman–Crippen MR) is 56.3 cm³/mol. The van der Waals surface area contributed by atoms with Gasteiger partial charge >= 0.3 is 0 Å². The number of amidine groups is 1. The van der Waals surface area contributed by atoms with E-state index in [-0.39, 0.29) is 0 Å². The molecule has 0 saturated heterocycles. The van der Waals surface area contributed by atoms with Crippen LogP contribution in [-0.2, 0) is 0 Å². The zero-order valence-corrected chi connectivity index (χ0v) is 7.91. The first-order chi connectivity index (χ1) is 6.27. The van der Waals surface area contributed by atoms with Crippen LogP contribution >= 0.6 is 0 Å². The number of hydrogen-bond donors (Lipinski definition) is 1. The summed E-state index contributed by atoms with van der Waals surface area (Å²) < 4.78 is 0. The van der Waals surface area contributed by atoms with Crippen LogP contribution in [0.4, 0.5) is 0 Å². The summed E-state index contributed by atoms with van der Waals surface area (Å²) >= 11 is 0. The van der Waals surface area contributed by atoms with E-state index < -0.39 is 0 Å². The number of aliphatic imine (C=N–C) groups is 1. The fraction of sp³-hybridized carbons (Fsp3) is 0.200. The lowest BCUT2D eigenvalue weighted by molar-refractivity contribution is 1.03. The zero-order chi connectivity index (χ0) is 9.68. The average molecular weight is 175 g/mol. The van der Waals surface area contributed by atoms with Gasteiger partial charge in [-0.15, -0.1) is 0 Å². The van der Waals surface area contributed by atoms with Crippen LogP contribution < -0.4 is 5.43 Å². The van der Waals surface area contributed by atoms with Crippen molar-refractivity contribution in [3.8, 4) is 0 Å². The Morgan fingerprint density at radius 2 is 2.23 bits per heavy atom. The van der Waals surface area contributed by atoms with Gasteiger partial charge in [-0.25, -0.2) is 0 Å². The molecule has 0 aliphatic heterocycles. The first-order valence-electron chi connectivity index (χ1n) is 4.03. The quantitative estimate of drug-likeness (QED) is 0.413. The number of nitrogens with zero attached hydrogens (tertiary/aromatic N) is 2. The summed E-state index contributed by atoms with van der Waals surface area (Å²) in [5, 5.41) is 3.58. The molecule has 0 heterocycles. The largest absolute Gasteiger partial charge is 0.270 e. The summed E-state index contributed by atoms with van der Waals surface area (Å²) in [6, 6.07) is 8.05. The van der Waals surface area contributed by atoms with Crippen LogP contribution in [0.1, 0.15) is 11.1 Å². The van der Waals surface area contributed by atoms with Crippen molar-refractivity contribution in [1.29, 1.82) is 0 Å². The molecule has 0 amide bonds. The summed E-state index contributed by atoms with van der Waals surface area (Å²) in [5.74, 6) is 0.735. The molecule has 1 N–H and O–H groups in total. The number of rotatable bonds is 2. The van der Waals surface area contributed by atoms with E-state index in [2.05, 4.69) is 22.2 Å². The van der Waals surface area contributed by atoms with Crippen LogP contribution in [0.25, 0.3) is 0 Å². The molecule has 68 valence electrons. The van der Waals surface area contributed by atoms with E-state index in [1.54, 1.807) is 7.05 Å². The minimum atomic E-state index is 0.735. The Kier molecular flexibility index (Phi) is 3.20. The standard InChI is InChI=1S/C10H13N3/c1-8-5-4-6-9(7-8)10(11-2)13-12-3/h4-7H,3H2,1-2H3,(H,11,13). The van der Waals surface area contributed by atoms with Crippen molar-refractivity contribution < 1.29 is 0 Å². The summed E-state index contributed by atoms with van der Waals surface area (Å²) in [6.45, 7) is 5.39. The molecule has 0 atom stereocenters. The van der Waals surface area contributed by atoms with Crippen molar-refractivity contribution in [2.45, 2.75) is 6.92 Å². The Morgan fingerprint density at radius 3 is 2.77 bits per heavy atom. The molecule has 0 aliphatic rings. The fourth-order valence-corrected chi connectivity index (χ4v) is 1.11. The number of aryl methyl sites for hydroxylation is 1. The maximum atomic E-state index is 4.06. The van der Waals surface area contributed by atoms with E-state index in [0.717, 1.165) is 11.4 Å². The molecule has 3 nitrogen and oxygen atoms in total. The van der Waals surface area contributed by atoms with E-state index in [4.69, 9.17) is 0 Å². The van der Waals surface area contributed by atoms with Crippen molar-refractivity contribution in [1.82, 2.24) is 5.43 Å². The minimum Gasteiger partial charge on any atom is -0.270 e. The van der Waals surface area contributed by atoms with Crippen molar-refractivity contribution in [2.75, 3.05) is 7.05 Å². The molecule has 1 aromatic rings. The van der Waals surface area contributed by atoms with Crippen molar-refractivity contribution >= 4 is 12.6 Å². The SMILES string of the molecule is C=NNC(=NC)c1cccc(C)c1. The molecule has 0 saturated carbocycles. The molecule has 0 radical (unpaired) electrons. The molecular formula is C10H13N3. The highest BCUT2D eigenvalue weighted by molar-refractivity contribution is 5.98. The Balaban J connectivity index is 2.98. The minimum absolute atomic E-state index is 0.735. The Labute approximate surface area is 78.2 Å². The second kappa shape index (κ2) is 4.40. The smallest absolute Gasteiger partial charge is 0.148 e. The van der Waals surface area contributed by atoms with Gasteiger partial charge in [0.05, 0.1) is 0 Å². The van der Waals surface area contributed by atoms with E-state index in [1.807, 2.05) is 31.2 Å². The van der Waals surface area contributed by atoms with Gasteiger partial charge in [0.1, 0.15) is 5.84 Å². The number of benzene rings is 1. The van der Waals surface area contributed by atoms with E-state index >= 15 is 0 Å². The lowest BCUT2D eigenvalue weighted by Gasteiger charge is -2.04. The second-order valence-corrected chi connectivity index (χ2v) is 2.71. The highest BCUT2D eigenvalue weighted by atomic mass is 15.3. The van der Waals surface area contributed by atoms with Crippen molar-refractivity contribution in [2.24, 2.45) is 10.1 Å². The lowest BCUT2D eigenvalue weighted by Crippen LogP contribution is -2.18.